The zero-order valence-corrected chi connectivity index (χ0v) is 12.0. The number of nitrogens with zero attached hydrogens (tertiary/aromatic N) is 2. The van der Waals surface area contributed by atoms with E-state index in [0.29, 0.717) is 6.54 Å². The van der Waals surface area contributed by atoms with Gasteiger partial charge in [-0.05, 0) is 42.9 Å². The first kappa shape index (κ1) is 13.4. The van der Waals surface area contributed by atoms with Crippen molar-refractivity contribution in [1.82, 2.24) is 9.80 Å². The second-order valence-electron chi connectivity index (χ2n) is 5.89. The summed E-state index contributed by atoms with van der Waals surface area (Å²) in [5.74, 6) is 0.289. The molecule has 4 heteroatoms. The Hall–Kier alpha value is -1.55. The van der Waals surface area contributed by atoms with Crippen LogP contribution in [-0.2, 0) is 17.8 Å². The maximum atomic E-state index is 12.3. The predicted molar refractivity (Wildman–Crippen MR) is 80.3 cm³/mol. The largest absolute Gasteiger partial charge is 0.398 e. The molecule has 2 aliphatic heterocycles. The van der Waals surface area contributed by atoms with Crippen LogP contribution in [0.2, 0.25) is 0 Å². The Bertz CT molecular complexity index is 494. The van der Waals surface area contributed by atoms with E-state index in [4.69, 9.17) is 5.73 Å². The number of carbonyl (C=O) groups is 1. The molecule has 0 atom stereocenters. The van der Waals surface area contributed by atoms with Gasteiger partial charge < -0.3 is 10.6 Å². The van der Waals surface area contributed by atoms with E-state index in [2.05, 4.69) is 11.0 Å². The number of benzene rings is 1. The van der Waals surface area contributed by atoms with Crippen molar-refractivity contribution in [2.45, 2.75) is 32.2 Å². The Kier molecular flexibility index (Phi) is 3.92. The Morgan fingerprint density at radius 3 is 2.75 bits per heavy atom. The fourth-order valence-corrected chi connectivity index (χ4v) is 3.27. The van der Waals surface area contributed by atoms with Crippen molar-refractivity contribution in [2.24, 2.45) is 0 Å². The highest BCUT2D eigenvalue weighted by Gasteiger charge is 2.23. The Labute approximate surface area is 120 Å². The lowest BCUT2D eigenvalue weighted by Crippen LogP contribution is -2.44. The molecule has 0 bridgehead atoms. The first-order chi connectivity index (χ1) is 9.74. The van der Waals surface area contributed by atoms with Crippen molar-refractivity contribution in [3.63, 3.8) is 0 Å². The molecule has 1 aromatic carbocycles. The van der Waals surface area contributed by atoms with Crippen LogP contribution < -0.4 is 5.73 Å². The molecule has 0 saturated carbocycles. The minimum absolute atomic E-state index is 0.289. The number of hydrogen-bond donors (Lipinski definition) is 1. The number of piperidine rings is 1. The lowest BCUT2D eigenvalue weighted by molar-refractivity contribution is -0.133. The maximum absolute atomic E-state index is 12.3. The quantitative estimate of drug-likeness (QED) is 0.833. The fourth-order valence-electron chi connectivity index (χ4n) is 3.27. The molecule has 20 heavy (non-hydrogen) atoms. The van der Waals surface area contributed by atoms with Crippen LogP contribution >= 0.6 is 0 Å². The van der Waals surface area contributed by atoms with E-state index in [0.717, 1.165) is 51.1 Å². The number of fused-ring (bicyclic) bond motifs is 1. The molecule has 0 radical (unpaired) electrons. The first-order valence-electron chi connectivity index (χ1n) is 7.60. The summed E-state index contributed by atoms with van der Waals surface area (Å²) in [4.78, 5) is 16.6. The van der Waals surface area contributed by atoms with Crippen molar-refractivity contribution >= 4 is 11.6 Å². The maximum Gasteiger partial charge on any atom is 0.236 e. The minimum atomic E-state index is 0.289. The number of likely N-dealkylation sites (tertiary alicyclic amines) is 1. The van der Waals surface area contributed by atoms with Gasteiger partial charge in [-0.1, -0.05) is 12.1 Å². The van der Waals surface area contributed by atoms with Gasteiger partial charge in [0.2, 0.25) is 5.91 Å². The van der Waals surface area contributed by atoms with E-state index < -0.39 is 0 Å². The summed E-state index contributed by atoms with van der Waals surface area (Å²) >= 11 is 0. The number of anilines is 1. The molecule has 4 nitrogen and oxygen atoms in total. The second-order valence-corrected chi connectivity index (χ2v) is 5.89. The molecule has 1 amide bonds. The summed E-state index contributed by atoms with van der Waals surface area (Å²) in [6.07, 6.45) is 4.53. The number of hydrogen-bond acceptors (Lipinski definition) is 3. The Morgan fingerprint density at radius 1 is 1.15 bits per heavy atom. The van der Waals surface area contributed by atoms with E-state index in [9.17, 15) is 4.79 Å². The number of nitrogen functional groups attached to an aromatic ring is 1. The van der Waals surface area contributed by atoms with Gasteiger partial charge in [-0.2, -0.15) is 0 Å². The van der Waals surface area contributed by atoms with Crippen LogP contribution in [0.25, 0.3) is 0 Å². The average molecular weight is 273 g/mol. The molecule has 2 aliphatic rings. The molecular formula is C16H23N3O. The van der Waals surface area contributed by atoms with Gasteiger partial charge in [-0.15, -0.1) is 0 Å². The molecule has 1 aromatic rings. The number of rotatable bonds is 2. The Balaban J connectivity index is 1.61. The van der Waals surface area contributed by atoms with Crippen molar-refractivity contribution in [1.29, 1.82) is 0 Å². The van der Waals surface area contributed by atoms with Crippen LogP contribution in [0.5, 0.6) is 0 Å². The molecule has 0 aromatic heterocycles. The Morgan fingerprint density at radius 2 is 1.95 bits per heavy atom. The highest BCUT2D eigenvalue weighted by molar-refractivity contribution is 5.78. The van der Waals surface area contributed by atoms with Gasteiger partial charge in [-0.3, -0.25) is 9.69 Å². The van der Waals surface area contributed by atoms with Gasteiger partial charge in [0.25, 0.3) is 0 Å². The predicted octanol–water partition coefficient (Wildman–Crippen LogP) is 1.64. The van der Waals surface area contributed by atoms with Crippen LogP contribution in [0.4, 0.5) is 5.69 Å². The molecule has 2 N–H and O–H groups in total. The lowest BCUT2D eigenvalue weighted by Gasteiger charge is -2.32. The van der Waals surface area contributed by atoms with E-state index >= 15 is 0 Å². The number of amides is 1. The molecule has 108 valence electrons. The lowest BCUT2D eigenvalue weighted by atomic mass is 9.98. The van der Waals surface area contributed by atoms with Gasteiger partial charge in [0, 0.05) is 31.9 Å². The zero-order valence-electron chi connectivity index (χ0n) is 12.0. The van der Waals surface area contributed by atoms with Gasteiger partial charge in [-0.25, -0.2) is 0 Å². The third-order valence-corrected chi connectivity index (χ3v) is 4.45. The molecule has 0 spiro atoms. The first-order valence-corrected chi connectivity index (χ1v) is 7.60. The topological polar surface area (TPSA) is 49.6 Å². The van der Waals surface area contributed by atoms with Gasteiger partial charge in [0.05, 0.1) is 6.54 Å². The molecule has 3 rings (SSSR count). The monoisotopic (exact) mass is 273 g/mol. The molecule has 1 saturated heterocycles. The van der Waals surface area contributed by atoms with E-state index in [1.165, 1.54) is 17.5 Å². The average Bonchev–Trinajstić information content (AvgIpc) is 2.48. The summed E-state index contributed by atoms with van der Waals surface area (Å²) in [5, 5.41) is 0. The molecule has 1 fully saturated rings. The van der Waals surface area contributed by atoms with E-state index in [1.54, 1.807) is 0 Å². The fraction of sp³-hybridized carbons (Fsp3) is 0.562. The van der Waals surface area contributed by atoms with Gasteiger partial charge >= 0.3 is 0 Å². The van der Waals surface area contributed by atoms with Crippen molar-refractivity contribution in [2.75, 3.05) is 31.9 Å². The highest BCUT2D eigenvalue weighted by atomic mass is 16.2. The van der Waals surface area contributed by atoms with Crippen LogP contribution in [0, 0.1) is 0 Å². The highest BCUT2D eigenvalue weighted by Crippen LogP contribution is 2.24. The summed E-state index contributed by atoms with van der Waals surface area (Å²) in [7, 11) is 0. The van der Waals surface area contributed by atoms with Gasteiger partial charge in [0.15, 0.2) is 0 Å². The van der Waals surface area contributed by atoms with Crippen LogP contribution in [0.15, 0.2) is 18.2 Å². The van der Waals surface area contributed by atoms with Crippen molar-refractivity contribution < 1.29 is 4.79 Å². The zero-order chi connectivity index (χ0) is 13.9. The minimum Gasteiger partial charge on any atom is -0.398 e. The smallest absolute Gasteiger partial charge is 0.236 e. The molecule has 2 heterocycles. The molecule has 0 aliphatic carbocycles. The van der Waals surface area contributed by atoms with Crippen LogP contribution in [0.3, 0.4) is 0 Å². The molecule has 0 unspecified atom stereocenters. The van der Waals surface area contributed by atoms with Crippen LogP contribution in [0.1, 0.15) is 30.4 Å². The normalized spacial score (nSPS) is 19.7. The summed E-state index contributed by atoms with van der Waals surface area (Å²) < 4.78 is 0. The third kappa shape index (κ3) is 2.80. The van der Waals surface area contributed by atoms with Crippen LogP contribution in [-0.4, -0.2) is 41.9 Å². The number of nitrogens with two attached hydrogens (primary N) is 1. The standard InChI is InChI=1S/C16H23N3O/c17-15-6-4-5-13-11-18(10-7-14(13)15)12-16(20)19-8-2-1-3-9-19/h4-6H,1-3,7-12,17H2. The van der Waals surface area contributed by atoms with E-state index in [-0.39, 0.29) is 5.91 Å². The summed E-state index contributed by atoms with van der Waals surface area (Å²) in [6, 6.07) is 6.10. The number of carbonyl (C=O) groups excluding carboxylic acids is 1. The van der Waals surface area contributed by atoms with E-state index in [1.807, 2.05) is 17.0 Å². The van der Waals surface area contributed by atoms with Crippen molar-refractivity contribution in [3.8, 4) is 0 Å². The SMILES string of the molecule is Nc1cccc2c1CCN(CC(=O)N1CCCCC1)C2. The second kappa shape index (κ2) is 5.83. The van der Waals surface area contributed by atoms with Gasteiger partial charge in [0.1, 0.15) is 0 Å². The third-order valence-electron chi connectivity index (χ3n) is 4.45. The summed E-state index contributed by atoms with van der Waals surface area (Å²) in [6.45, 7) is 4.21. The molecular weight excluding hydrogens is 250 g/mol. The summed E-state index contributed by atoms with van der Waals surface area (Å²) in [5.41, 5.74) is 9.46. The van der Waals surface area contributed by atoms with Crippen molar-refractivity contribution in [3.05, 3.63) is 29.3 Å².